The molecule has 0 saturated carbocycles. The van der Waals surface area contributed by atoms with E-state index in [0.29, 0.717) is 41.3 Å². The predicted molar refractivity (Wildman–Crippen MR) is 127 cm³/mol. The molecule has 0 unspecified atom stereocenters. The van der Waals surface area contributed by atoms with E-state index in [0.717, 1.165) is 12.0 Å². The molecule has 2 aliphatic heterocycles. The zero-order chi connectivity index (χ0) is 24.3. The summed E-state index contributed by atoms with van der Waals surface area (Å²) >= 11 is 0. The summed E-state index contributed by atoms with van der Waals surface area (Å²) in [6.45, 7) is 4.32. The van der Waals surface area contributed by atoms with Crippen LogP contribution < -0.4 is 0 Å². The molecule has 0 aliphatic carbocycles. The number of carbonyl (C=O) groups is 1. The third kappa shape index (κ3) is 3.69. The van der Waals surface area contributed by atoms with Crippen LogP contribution >= 0.6 is 0 Å². The fourth-order valence-electron chi connectivity index (χ4n) is 4.97. The van der Waals surface area contributed by atoms with Crippen LogP contribution in [0, 0.1) is 5.82 Å². The lowest BCUT2D eigenvalue weighted by molar-refractivity contribution is 0.0259. The minimum absolute atomic E-state index is 0.00673. The minimum Gasteiger partial charge on any atom is -0.452 e. The van der Waals surface area contributed by atoms with Crippen LogP contribution in [0.2, 0.25) is 0 Å². The van der Waals surface area contributed by atoms with Crippen LogP contribution in [0.25, 0.3) is 33.7 Å². The number of likely N-dealkylation sites (tertiary alicyclic amines) is 1. The van der Waals surface area contributed by atoms with Gasteiger partial charge in [0.15, 0.2) is 5.58 Å². The topological polar surface area (TPSA) is 88.7 Å². The lowest BCUT2D eigenvalue weighted by Gasteiger charge is -2.26. The molecular weight excluding hydrogens is 449 g/mol. The Bertz CT molecular complexity index is 1440. The highest BCUT2D eigenvalue weighted by Gasteiger charge is 2.41. The van der Waals surface area contributed by atoms with Crippen LogP contribution in [0.4, 0.5) is 4.39 Å². The smallest absolute Gasteiger partial charge is 0.254 e. The fraction of sp³-hybridized carbons (Fsp3) is 0.296. The molecule has 2 fully saturated rings. The number of ether oxygens (including phenoxy) is 1. The quantitative estimate of drug-likeness (QED) is 0.468. The Morgan fingerprint density at radius 3 is 2.66 bits per heavy atom. The number of amides is 1. The molecule has 2 bridgehead atoms. The van der Waals surface area contributed by atoms with Crippen molar-refractivity contribution in [1.82, 2.24) is 14.9 Å². The molecule has 7 nitrogen and oxygen atoms in total. The van der Waals surface area contributed by atoms with Gasteiger partial charge < -0.3 is 19.2 Å². The van der Waals surface area contributed by atoms with Crippen LogP contribution in [0.15, 0.2) is 59.3 Å². The number of hydrogen-bond donors (Lipinski definition) is 1. The Morgan fingerprint density at radius 1 is 1.17 bits per heavy atom. The molecule has 2 atom stereocenters. The highest BCUT2D eigenvalue weighted by Crippen LogP contribution is 2.36. The van der Waals surface area contributed by atoms with Gasteiger partial charge in [0.05, 0.1) is 24.4 Å². The second-order valence-corrected chi connectivity index (χ2v) is 9.65. The van der Waals surface area contributed by atoms with Gasteiger partial charge in [-0.3, -0.25) is 4.79 Å². The molecule has 1 N–H and O–H groups in total. The molecule has 2 aromatic carbocycles. The van der Waals surface area contributed by atoms with Gasteiger partial charge in [-0.1, -0.05) is 24.3 Å². The summed E-state index contributed by atoms with van der Waals surface area (Å²) in [4.78, 5) is 23.4. The monoisotopic (exact) mass is 473 g/mol. The Morgan fingerprint density at radius 2 is 1.97 bits per heavy atom. The summed E-state index contributed by atoms with van der Waals surface area (Å²) in [7, 11) is 0. The molecular formula is C27H24FN3O4. The lowest BCUT2D eigenvalue weighted by Crippen LogP contribution is -2.41. The normalized spacial score (nSPS) is 19.6. The molecule has 6 rings (SSSR count). The molecule has 2 aliphatic rings. The van der Waals surface area contributed by atoms with Gasteiger partial charge in [0.2, 0.25) is 0 Å². The van der Waals surface area contributed by atoms with E-state index >= 15 is 4.39 Å². The van der Waals surface area contributed by atoms with Gasteiger partial charge in [0.25, 0.3) is 5.91 Å². The number of aliphatic hydroxyl groups is 1. The molecule has 0 radical (unpaired) electrons. The second-order valence-electron chi connectivity index (χ2n) is 9.65. The first-order chi connectivity index (χ1) is 16.8. The molecule has 4 aromatic rings. The summed E-state index contributed by atoms with van der Waals surface area (Å²) in [6, 6.07) is 14.0. The first-order valence-electron chi connectivity index (χ1n) is 11.6. The maximum atomic E-state index is 15.3. The molecule has 4 heterocycles. The van der Waals surface area contributed by atoms with Gasteiger partial charge in [-0.05, 0) is 38.5 Å². The van der Waals surface area contributed by atoms with Crippen molar-refractivity contribution in [1.29, 1.82) is 0 Å². The maximum Gasteiger partial charge on any atom is 0.254 e. The van der Waals surface area contributed by atoms with E-state index in [4.69, 9.17) is 9.15 Å². The van der Waals surface area contributed by atoms with Crippen LogP contribution in [0.3, 0.4) is 0 Å². The first kappa shape index (κ1) is 21.9. The van der Waals surface area contributed by atoms with Gasteiger partial charge in [-0.15, -0.1) is 0 Å². The molecule has 0 spiro atoms. The molecule has 1 amide bonds. The van der Waals surface area contributed by atoms with Crippen molar-refractivity contribution in [3.63, 3.8) is 0 Å². The number of benzene rings is 2. The second kappa shape index (κ2) is 7.96. The summed E-state index contributed by atoms with van der Waals surface area (Å²) in [5.41, 5.74) is 1.62. The van der Waals surface area contributed by atoms with E-state index in [-0.39, 0.29) is 29.2 Å². The number of halogens is 1. The molecule has 178 valence electrons. The van der Waals surface area contributed by atoms with E-state index in [1.165, 1.54) is 20.2 Å². The summed E-state index contributed by atoms with van der Waals surface area (Å²) in [6.07, 6.45) is 2.43. The highest BCUT2D eigenvalue weighted by atomic mass is 19.1. The van der Waals surface area contributed by atoms with Crippen molar-refractivity contribution in [2.45, 2.75) is 38.0 Å². The van der Waals surface area contributed by atoms with Gasteiger partial charge in [-0.2, -0.15) is 0 Å². The number of fused-ring (bicyclic) bond motifs is 3. The summed E-state index contributed by atoms with van der Waals surface area (Å²) < 4.78 is 27.0. The van der Waals surface area contributed by atoms with Gasteiger partial charge in [0, 0.05) is 34.9 Å². The van der Waals surface area contributed by atoms with Crippen molar-refractivity contribution < 1.29 is 23.4 Å². The van der Waals surface area contributed by atoms with E-state index < -0.39 is 11.4 Å². The van der Waals surface area contributed by atoms with Crippen molar-refractivity contribution in [2.24, 2.45) is 0 Å². The number of furan rings is 1. The van der Waals surface area contributed by atoms with Gasteiger partial charge in [-0.25, -0.2) is 14.4 Å². The zero-order valence-electron chi connectivity index (χ0n) is 19.4. The summed E-state index contributed by atoms with van der Waals surface area (Å²) in [5, 5.41) is 10.3. The minimum atomic E-state index is -1.35. The fourth-order valence-corrected chi connectivity index (χ4v) is 4.97. The van der Waals surface area contributed by atoms with Crippen LogP contribution in [0.1, 0.15) is 36.2 Å². The van der Waals surface area contributed by atoms with Crippen LogP contribution in [-0.4, -0.2) is 51.2 Å². The third-order valence-electron chi connectivity index (χ3n) is 6.80. The van der Waals surface area contributed by atoms with Crippen molar-refractivity contribution in [2.75, 3.05) is 13.2 Å². The van der Waals surface area contributed by atoms with Crippen molar-refractivity contribution in [3.8, 4) is 22.6 Å². The van der Waals surface area contributed by atoms with E-state index in [1.807, 2.05) is 17.0 Å². The average Bonchev–Trinajstić information content (AvgIpc) is 3.59. The SMILES string of the molecule is CC(C)(O)c1cccc(-c2ncnc3cc(-c4ccc(C(=O)N5C[C@@H]6C[C@H]5CO6)cc4)oc23)c1F. The largest absolute Gasteiger partial charge is 0.452 e. The molecule has 2 aromatic heterocycles. The number of morpholine rings is 1. The number of rotatable bonds is 4. The average molecular weight is 474 g/mol. The Balaban J connectivity index is 1.33. The van der Waals surface area contributed by atoms with Crippen molar-refractivity contribution in [3.05, 3.63) is 71.8 Å². The number of carbonyl (C=O) groups excluding carboxylic acids is 1. The summed E-state index contributed by atoms with van der Waals surface area (Å²) in [5.74, 6) is -0.0115. The zero-order valence-corrected chi connectivity index (χ0v) is 19.4. The van der Waals surface area contributed by atoms with Crippen molar-refractivity contribution >= 4 is 17.0 Å². The lowest BCUT2D eigenvalue weighted by atomic mass is 9.94. The predicted octanol–water partition coefficient (Wildman–Crippen LogP) is 4.54. The number of hydrogen-bond acceptors (Lipinski definition) is 6. The van der Waals surface area contributed by atoms with E-state index in [2.05, 4.69) is 9.97 Å². The first-order valence-corrected chi connectivity index (χ1v) is 11.6. The molecule has 2 saturated heterocycles. The van der Waals surface area contributed by atoms with E-state index in [1.54, 1.807) is 36.4 Å². The van der Waals surface area contributed by atoms with Crippen LogP contribution in [0.5, 0.6) is 0 Å². The highest BCUT2D eigenvalue weighted by molar-refractivity contribution is 5.95. The number of nitrogens with zero attached hydrogens (tertiary/aromatic N) is 3. The maximum absolute atomic E-state index is 15.3. The van der Waals surface area contributed by atoms with Gasteiger partial charge in [0.1, 0.15) is 29.1 Å². The Labute approximate surface area is 201 Å². The third-order valence-corrected chi connectivity index (χ3v) is 6.80. The number of aromatic nitrogens is 2. The standard InChI is InChI=1S/C27H24FN3O4/c1-27(2,33)20-5-3-4-19(23(20)28)24-25-21(29-14-30-24)11-22(35-25)15-6-8-16(9-7-15)26(32)31-12-18-10-17(31)13-34-18/h3-9,11,14,17-18,33H,10,12-13H2,1-2H3/t17-,18-/m0/s1. The Hall–Kier alpha value is -3.62. The molecule has 35 heavy (non-hydrogen) atoms. The Kier molecular flexibility index (Phi) is 4.98. The molecule has 8 heteroatoms. The van der Waals surface area contributed by atoms with Gasteiger partial charge >= 0.3 is 0 Å². The van der Waals surface area contributed by atoms with E-state index in [9.17, 15) is 9.90 Å². The van der Waals surface area contributed by atoms with Crippen LogP contribution in [-0.2, 0) is 10.3 Å².